The molecule has 6 nitrogen and oxygen atoms in total. The van der Waals surface area contributed by atoms with E-state index in [-0.39, 0.29) is 5.43 Å². The molecule has 1 aliphatic rings. The lowest BCUT2D eigenvalue weighted by Crippen LogP contribution is -2.32. The predicted molar refractivity (Wildman–Crippen MR) is 69.9 cm³/mol. The molecule has 1 aromatic heterocycles. The number of anilines is 1. The first-order valence-electron chi connectivity index (χ1n) is 5.83. The first-order chi connectivity index (χ1) is 9.34. The van der Waals surface area contributed by atoms with Crippen molar-refractivity contribution in [1.82, 2.24) is 15.8 Å². The minimum atomic E-state index is -0.134. The first-order valence-corrected chi connectivity index (χ1v) is 5.83. The van der Waals surface area contributed by atoms with E-state index in [0.29, 0.717) is 17.8 Å². The topological polar surface area (TPSA) is 70.2 Å². The van der Waals surface area contributed by atoms with E-state index in [9.17, 15) is 4.79 Å². The molecule has 0 spiro atoms. The summed E-state index contributed by atoms with van der Waals surface area (Å²) < 4.78 is 0. The molecule has 0 atom stereocenters. The number of benzene rings is 1. The molecule has 0 bridgehead atoms. The SMILES string of the molecule is O=c1c(N2C=CON2)c[nH]nc1Cc1ccccc1. The van der Waals surface area contributed by atoms with Crippen molar-refractivity contribution in [3.8, 4) is 0 Å². The Morgan fingerprint density at radius 1 is 1.26 bits per heavy atom. The molecule has 0 aliphatic carbocycles. The first kappa shape index (κ1) is 11.5. The van der Waals surface area contributed by atoms with Gasteiger partial charge in [-0.1, -0.05) is 35.9 Å². The molecule has 0 saturated heterocycles. The van der Waals surface area contributed by atoms with Gasteiger partial charge in [-0.3, -0.25) is 9.89 Å². The molecule has 2 N–H and O–H groups in total. The van der Waals surface area contributed by atoms with E-state index in [4.69, 9.17) is 4.84 Å². The van der Waals surface area contributed by atoms with Gasteiger partial charge in [-0.05, 0) is 5.56 Å². The van der Waals surface area contributed by atoms with Crippen molar-refractivity contribution in [3.63, 3.8) is 0 Å². The largest absolute Gasteiger partial charge is 0.395 e. The lowest BCUT2D eigenvalue weighted by molar-refractivity contribution is 0.158. The average molecular weight is 256 g/mol. The monoisotopic (exact) mass is 256 g/mol. The third kappa shape index (κ3) is 2.34. The lowest BCUT2D eigenvalue weighted by atomic mass is 10.1. The van der Waals surface area contributed by atoms with Crippen molar-refractivity contribution in [2.45, 2.75) is 6.42 Å². The van der Waals surface area contributed by atoms with E-state index in [1.165, 1.54) is 17.5 Å². The standard InChI is InChI=1S/C13H12N4O2/c18-13-11(8-10-4-2-1-3-5-10)15-14-9-12(13)17-6-7-19-16-17/h1-7,9,16H,8H2,(H,14,18). The fraction of sp³-hybridized carbons (Fsp3) is 0.0769. The van der Waals surface area contributed by atoms with Crippen molar-refractivity contribution in [1.29, 1.82) is 0 Å². The summed E-state index contributed by atoms with van der Waals surface area (Å²) in [5, 5.41) is 8.29. The minimum absolute atomic E-state index is 0.134. The Bertz CT molecular complexity index is 651. The van der Waals surface area contributed by atoms with E-state index in [0.717, 1.165) is 5.56 Å². The maximum atomic E-state index is 12.3. The number of aromatic nitrogens is 2. The zero-order chi connectivity index (χ0) is 13.1. The van der Waals surface area contributed by atoms with E-state index < -0.39 is 0 Å². The average Bonchev–Trinajstić information content (AvgIpc) is 2.96. The summed E-state index contributed by atoms with van der Waals surface area (Å²) >= 11 is 0. The highest BCUT2D eigenvalue weighted by Crippen LogP contribution is 2.10. The number of rotatable bonds is 3. The molecular formula is C13H12N4O2. The Labute approximate surface area is 109 Å². The number of hydrogen-bond acceptors (Lipinski definition) is 5. The molecule has 2 aromatic rings. The summed E-state index contributed by atoms with van der Waals surface area (Å²) in [6.07, 6.45) is 5.10. The van der Waals surface area contributed by atoms with Crippen LogP contribution in [-0.4, -0.2) is 10.2 Å². The van der Waals surface area contributed by atoms with Gasteiger partial charge in [0.25, 0.3) is 0 Å². The number of hydrogen-bond donors (Lipinski definition) is 2. The van der Waals surface area contributed by atoms with Crippen LogP contribution in [0.25, 0.3) is 0 Å². The number of H-pyrrole nitrogens is 1. The second-order valence-corrected chi connectivity index (χ2v) is 4.07. The van der Waals surface area contributed by atoms with Crippen LogP contribution in [0.15, 0.2) is 53.8 Å². The fourth-order valence-electron chi connectivity index (χ4n) is 1.86. The van der Waals surface area contributed by atoms with Crippen LogP contribution < -0.4 is 16.0 Å². The second-order valence-electron chi connectivity index (χ2n) is 4.07. The predicted octanol–water partition coefficient (Wildman–Crippen LogP) is 1.09. The molecule has 0 amide bonds. The van der Waals surface area contributed by atoms with Gasteiger partial charge >= 0.3 is 0 Å². The van der Waals surface area contributed by atoms with E-state index >= 15 is 0 Å². The molecule has 6 heteroatoms. The highest BCUT2D eigenvalue weighted by Gasteiger charge is 2.15. The molecule has 2 heterocycles. The van der Waals surface area contributed by atoms with Gasteiger partial charge in [-0.2, -0.15) is 5.10 Å². The van der Waals surface area contributed by atoms with E-state index in [2.05, 4.69) is 15.8 Å². The molecule has 0 unspecified atom stereocenters. The van der Waals surface area contributed by atoms with Crippen LogP contribution in [0, 0.1) is 0 Å². The molecule has 1 aliphatic heterocycles. The van der Waals surface area contributed by atoms with Crippen LogP contribution in [0.5, 0.6) is 0 Å². The van der Waals surface area contributed by atoms with Gasteiger partial charge in [-0.25, -0.2) is 5.01 Å². The highest BCUT2D eigenvalue weighted by atomic mass is 16.7. The van der Waals surface area contributed by atoms with Gasteiger partial charge in [0.1, 0.15) is 17.6 Å². The number of nitrogens with one attached hydrogen (secondary N) is 2. The molecule has 96 valence electrons. The van der Waals surface area contributed by atoms with Gasteiger partial charge in [0.15, 0.2) is 0 Å². The summed E-state index contributed by atoms with van der Waals surface area (Å²) in [6.45, 7) is 0. The summed E-state index contributed by atoms with van der Waals surface area (Å²) in [7, 11) is 0. The fourth-order valence-corrected chi connectivity index (χ4v) is 1.86. The number of aromatic amines is 1. The van der Waals surface area contributed by atoms with Gasteiger partial charge in [0.2, 0.25) is 5.43 Å². The van der Waals surface area contributed by atoms with Gasteiger partial charge < -0.3 is 4.84 Å². The van der Waals surface area contributed by atoms with E-state index in [1.54, 1.807) is 6.20 Å². The van der Waals surface area contributed by atoms with Gasteiger partial charge in [0, 0.05) is 12.6 Å². The molecule has 1 aromatic carbocycles. The van der Waals surface area contributed by atoms with E-state index in [1.807, 2.05) is 30.3 Å². The van der Waals surface area contributed by atoms with Crippen LogP contribution in [0.1, 0.15) is 11.3 Å². The van der Waals surface area contributed by atoms with Crippen LogP contribution in [0.4, 0.5) is 5.69 Å². The molecule has 0 saturated carbocycles. The zero-order valence-electron chi connectivity index (χ0n) is 10.0. The number of nitrogens with zero attached hydrogens (tertiary/aromatic N) is 2. The van der Waals surface area contributed by atoms with Gasteiger partial charge in [0.05, 0.1) is 6.20 Å². The zero-order valence-corrected chi connectivity index (χ0v) is 10.0. The van der Waals surface area contributed by atoms with Crippen molar-refractivity contribution < 1.29 is 4.84 Å². The Morgan fingerprint density at radius 2 is 2.11 bits per heavy atom. The Hall–Kier alpha value is -2.60. The normalized spacial score (nSPS) is 13.6. The molecule has 19 heavy (non-hydrogen) atoms. The summed E-state index contributed by atoms with van der Waals surface area (Å²) in [5.41, 5.74) is 4.39. The Balaban J connectivity index is 1.92. The number of hydrazine groups is 1. The maximum absolute atomic E-state index is 12.3. The highest BCUT2D eigenvalue weighted by molar-refractivity contribution is 5.47. The third-order valence-corrected chi connectivity index (χ3v) is 2.80. The Kier molecular flexibility index (Phi) is 2.99. The van der Waals surface area contributed by atoms with Crippen molar-refractivity contribution >= 4 is 5.69 Å². The molecule has 0 fully saturated rings. The summed E-state index contributed by atoms with van der Waals surface area (Å²) in [4.78, 5) is 17.2. The van der Waals surface area contributed by atoms with Crippen LogP contribution in [0.3, 0.4) is 0 Å². The van der Waals surface area contributed by atoms with Crippen molar-refractivity contribution in [3.05, 3.63) is 70.5 Å². The molecule has 3 rings (SSSR count). The summed E-state index contributed by atoms with van der Waals surface area (Å²) in [6, 6.07) is 9.74. The summed E-state index contributed by atoms with van der Waals surface area (Å²) in [5.74, 6) is 0. The third-order valence-electron chi connectivity index (χ3n) is 2.80. The van der Waals surface area contributed by atoms with Crippen LogP contribution >= 0.6 is 0 Å². The van der Waals surface area contributed by atoms with Gasteiger partial charge in [-0.15, -0.1) is 0 Å². The van der Waals surface area contributed by atoms with Crippen molar-refractivity contribution in [2.75, 3.05) is 5.01 Å². The maximum Gasteiger partial charge on any atom is 0.228 e. The lowest BCUT2D eigenvalue weighted by Gasteiger charge is -2.13. The van der Waals surface area contributed by atoms with Crippen LogP contribution in [0.2, 0.25) is 0 Å². The molecular weight excluding hydrogens is 244 g/mol. The second kappa shape index (κ2) is 4.95. The van der Waals surface area contributed by atoms with Crippen LogP contribution in [-0.2, 0) is 11.3 Å². The quantitative estimate of drug-likeness (QED) is 0.860. The Morgan fingerprint density at radius 3 is 2.84 bits per heavy atom. The molecule has 0 radical (unpaired) electrons. The smallest absolute Gasteiger partial charge is 0.228 e. The van der Waals surface area contributed by atoms with Crippen molar-refractivity contribution in [2.24, 2.45) is 0 Å². The minimum Gasteiger partial charge on any atom is -0.395 e.